The monoisotopic (exact) mass is 327 g/mol. The average molecular weight is 327 g/mol. The van der Waals surface area contributed by atoms with Crippen LogP contribution in [0.4, 0.5) is 15.1 Å². The molecule has 1 unspecified atom stereocenters. The average Bonchev–Trinajstić information content (AvgIpc) is 2.95. The number of nitrogens with zero attached hydrogens (tertiary/aromatic N) is 3. The number of carbonyl (C=O) groups is 1. The van der Waals surface area contributed by atoms with Crippen LogP contribution in [0.5, 0.6) is 0 Å². The number of carbonyl (C=O) groups excluding carboxylic acids is 1. The second-order valence-corrected chi connectivity index (χ2v) is 6.47. The molecule has 1 aromatic heterocycles. The smallest absolute Gasteiger partial charge is 0.321 e. The summed E-state index contributed by atoms with van der Waals surface area (Å²) in [6.45, 7) is 8.18. The van der Waals surface area contributed by atoms with Crippen LogP contribution in [-0.2, 0) is 4.74 Å². The highest BCUT2D eigenvalue weighted by Gasteiger charge is 2.20. The third-order valence-electron chi connectivity index (χ3n) is 3.52. The molecule has 1 aromatic rings. The molecule has 2 rings (SSSR count). The molecular formula is C14H25N5O2S. The number of anilines is 2. The molecule has 22 heavy (non-hydrogen) atoms. The maximum absolute atomic E-state index is 11.7. The van der Waals surface area contributed by atoms with Crippen molar-refractivity contribution < 1.29 is 9.53 Å². The van der Waals surface area contributed by atoms with Crippen molar-refractivity contribution in [2.75, 3.05) is 43.1 Å². The van der Waals surface area contributed by atoms with Gasteiger partial charge in [-0.1, -0.05) is 18.3 Å². The van der Waals surface area contributed by atoms with E-state index in [2.05, 4.69) is 32.7 Å². The third-order valence-corrected chi connectivity index (χ3v) is 4.42. The predicted octanol–water partition coefficient (Wildman–Crippen LogP) is 2.32. The van der Waals surface area contributed by atoms with Gasteiger partial charge in [0.05, 0.1) is 0 Å². The minimum atomic E-state index is -0.244. The zero-order valence-electron chi connectivity index (χ0n) is 13.3. The van der Waals surface area contributed by atoms with Crippen LogP contribution in [0.25, 0.3) is 0 Å². The van der Waals surface area contributed by atoms with E-state index in [9.17, 15) is 4.79 Å². The fourth-order valence-electron chi connectivity index (χ4n) is 2.42. The lowest BCUT2D eigenvalue weighted by molar-refractivity contribution is 0.145. The molecule has 1 aliphatic rings. The topological polar surface area (TPSA) is 79.4 Å². The molecule has 0 radical (unpaired) electrons. The fourth-order valence-corrected chi connectivity index (χ4v) is 3.19. The first-order valence-corrected chi connectivity index (χ1v) is 8.71. The Bertz CT molecular complexity index is 468. The molecule has 2 heterocycles. The van der Waals surface area contributed by atoms with Crippen LogP contribution in [0, 0.1) is 5.92 Å². The molecule has 0 aliphatic carbocycles. The van der Waals surface area contributed by atoms with E-state index in [1.807, 2.05) is 6.92 Å². The van der Waals surface area contributed by atoms with E-state index in [1.54, 1.807) is 0 Å². The molecule has 1 atom stereocenters. The minimum absolute atomic E-state index is 0.244. The van der Waals surface area contributed by atoms with Crippen LogP contribution in [-0.4, -0.2) is 49.1 Å². The van der Waals surface area contributed by atoms with Gasteiger partial charge in [-0.05, 0) is 32.1 Å². The Morgan fingerprint density at radius 1 is 1.50 bits per heavy atom. The maximum atomic E-state index is 11.7. The zero-order chi connectivity index (χ0) is 15.8. The zero-order valence-corrected chi connectivity index (χ0v) is 14.1. The Balaban J connectivity index is 1.73. The maximum Gasteiger partial charge on any atom is 0.321 e. The van der Waals surface area contributed by atoms with Gasteiger partial charge in [0.15, 0.2) is 0 Å². The number of nitrogens with one attached hydrogen (secondary N) is 2. The molecule has 0 spiro atoms. The molecule has 7 nitrogen and oxygen atoms in total. The summed E-state index contributed by atoms with van der Waals surface area (Å²) in [6, 6.07) is -0.244. The second-order valence-electron chi connectivity index (χ2n) is 5.51. The van der Waals surface area contributed by atoms with Gasteiger partial charge in [0.25, 0.3) is 0 Å². The van der Waals surface area contributed by atoms with Gasteiger partial charge in [-0.3, -0.25) is 5.32 Å². The first-order chi connectivity index (χ1) is 10.7. The van der Waals surface area contributed by atoms with Crippen molar-refractivity contribution in [2.24, 2.45) is 5.92 Å². The molecule has 8 heteroatoms. The minimum Gasteiger partial charge on any atom is -0.382 e. The summed E-state index contributed by atoms with van der Waals surface area (Å²) in [5, 5.41) is 15.2. The van der Waals surface area contributed by atoms with Crippen molar-refractivity contribution in [2.45, 2.75) is 33.1 Å². The van der Waals surface area contributed by atoms with Crippen molar-refractivity contribution in [3.8, 4) is 0 Å². The van der Waals surface area contributed by atoms with Gasteiger partial charge in [-0.15, -0.1) is 10.2 Å². The van der Waals surface area contributed by atoms with Crippen LogP contribution in [0.1, 0.15) is 33.1 Å². The van der Waals surface area contributed by atoms with Gasteiger partial charge in [0.2, 0.25) is 10.3 Å². The molecule has 0 saturated carbocycles. The molecule has 1 aliphatic heterocycles. The largest absolute Gasteiger partial charge is 0.382 e. The van der Waals surface area contributed by atoms with Gasteiger partial charge in [0.1, 0.15) is 0 Å². The van der Waals surface area contributed by atoms with E-state index in [-0.39, 0.29) is 6.03 Å². The fraction of sp³-hybridized carbons (Fsp3) is 0.786. The number of hydrogen-bond acceptors (Lipinski definition) is 6. The second kappa shape index (κ2) is 8.89. The Kier molecular flexibility index (Phi) is 6.85. The summed E-state index contributed by atoms with van der Waals surface area (Å²) < 4.78 is 5.22. The molecule has 2 amide bonds. The summed E-state index contributed by atoms with van der Waals surface area (Å²) in [5.41, 5.74) is 0. The van der Waals surface area contributed by atoms with Crippen LogP contribution >= 0.6 is 11.3 Å². The van der Waals surface area contributed by atoms with E-state index >= 15 is 0 Å². The highest BCUT2D eigenvalue weighted by molar-refractivity contribution is 7.19. The van der Waals surface area contributed by atoms with Crippen LogP contribution in [0.15, 0.2) is 0 Å². The predicted molar refractivity (Wildman–Crippen MR) is 88.7 cm³/mol. The summed E-state index contributed by atoms with van der Waals surface area (Å²) in [5.74, 6) is 0.683. The van der Waals surface area contributed by atoms with E-state index in [4.69, 9.17) is 4.74 Å². The number of urea groups is 1. The van der Waals surface area contributed by atoms with Crippen molar-refractivity contribution >= 4 is 27.6 Å². The van der Waals surface area contributed by atoms with Crippen molar-refractivity contribution in [1.29, 1.82) is 0 Å². The van der Waals surface area contributed by atoms with Crippen molar-refractivity contribution in [3.05, 3.63) is 0 Å². The lowest BCUT2D eigenvalue weighted by Crippen LogP contribution is -2.34. The summed E-state index contributed by atoms with van der Waals surface area (Å²) >= 11 is 1.42. The van der Waals surface area contributed by atoms with Gasteiger partial charge < -0.3 is 15.0 Å². The number of rotatable bonds is 7. The Labute approximate surface area is 135 Å². The normalized spacial score (nSPS) is 18.3. The van der Waals surface area contributed by atoms with Crippen LogP contribution in [0.2, 0.25) is 0 Å². The molecule has 0 aromatic carbocycles. The number of ether oxygens (including phenoxy) is 1. The number of amides is 2. The van der Waals surface area contributed by atoms with Gasteiger partial charge in [0, 0.05) is 32.8 Å². The van der Waals surface area contributed by atoms with E-state index in [0.29, 0.717) is 30.8 Å². The number of hydrogen-bond donors (Lipinski definition) is 2. The molecule has 2 N–H and O–H groups in total. The summed E-state index contributed by atoms with van der Waals surface area (Å²) in [7, 11) is 0. The Morgan fingerprint density at radius 2 is 2.36 bits per heavy atom. The lowest BCUT2D eigenvalue weighted by atomic mass is 10.0. The highest BCUT2D eigenvalue weighted by Crippen LogP contribution is 2.28. The summed E-state index contributed by atoms with van der Waals surface area (Å²) in [4.78, 5) is 14.0. The molecule has 0 bridgehead atoms. The van der Waals surface area contributed by atoms with Crippen LogP contribution < -0.4 is 15.5 Å². The first kappa shape index (κ1) is 17.0. The number of piperidine rings is 1. The van der Waals surface area contributed by atoms with Crippen molar-refractivity contribution in [1.82, 2.24) is 15.5 Å². The SMILES string of the molecule is CCOCCCNC(=O)Nc1nnc(N2CCCC(C)C2)s1. The quantitative estimate of drug-likeness (QED) is 0.751. The summed E-state index contributed by atoms with van der Waals surface area (Å²) in [6.07, 6.45) is 3.25. The molecule has 1 fully saturated rings. The highest BCUT2D eigenvalue weighted by atomic mass is 32.1. The van der Waals surface area contributed by atoms with Crippen molar-refractivity contribution in [3.63, 3.8) is 0 Å². The molecule has 1 saturated heterocycles. The van der Waals surface area contributed by atoms with E-state index in [1.165, 1.54) is 24.2 Å². The molecule has 124 valence electrons. The van der Waals surface area contributed by atoms with Gasteiger partial charge in [-0.25, -0.2) is 4.79 Å². The Morgan fingerprint density at radius 3 is 3.14 bits per heavy atom. The third kappa shape index (κ3) is 5.42. The first-order valence-electron chi connectivity index (χ1n) is 7.90. The standard InChI is InChI=1S/C14H25N5O2S/c1-3-21-9-5-7-15-12(20)16-13-17-18-14(22-13)19-8-4-6-11(2)10-19/h11H,3-10H2,1-2H3,(H2,15,16,17,20). The van der Waals surface area contributed by atoms with Gasteiger partial charge in [-0.2, -0.15) is 0 Å². The molecular weight excluding hydrogens is 302 g/mol. The van der Waals surface area contributed by atoms with Gasteiger partial charge >= 0.3 is 6.03 Å². The van der Waals surface area contributed by atoms with E-state index < -0.39 is 0 Å². The Hall–Kier alpha value is -1.41. The van der Waals surface area contributed by atoms with E-state index in [0.717, 1.165) is 24.6 Å². The number of aromatic nitrogens is 2. The van der Waals surface area contributed by atoms with Crippen LogP contribution in [0.3, 0.4) is 0 Å². The lowest BCUT2D eigenvalue weighted by Gasteiger charge is -2.29.